The van der Waals surface area contributed by atoms with Gasteiger partial charge in [0.2, 0.25) is 5.91 Å². The van der Waals surface area contributed by atoms with E-state index >= 15 is 0 Å². The highest BCUT2D eigenvalue weighted by Gasteiger charge is 2.35. The topological polar surface area (TPSA) is 75.8 Å². The summed E-state index contributed by atoms with van der Waals surface area (Å²) in [5.74, 6) is 0.319. The third-order valence-electron chi connectivity index (χ3n) is 3.53. The van der Waals surface area contributed by atoms with Gasteiger partial charge in [-0.2, -0.15) is 0 Å². The van der Waals surface area contributed by atoms with Crippen LogP contribution in [-0.2, 0) is 9.53 Å². The molecule has 3 unspecified atom stereocenters. The molecule has 5 heteroatoms. The molecule has 17 heavy (non-hydrogen) atoms. The van der Waals surface area contributed by atoms with E-state index < -0.39 is 6.04 Å². The number of hydrogen-bond donors (Lipinski definition) is 2. The summed E-state index contributed by atoms with van der Waals surface area (Å²) in [5.41, 5.74) is 5.87. The van der Waals surface area contributed by atoms with Crippen LogP contribution >= 0.6 is 0 Å². The number of rotatable bonds is 6. The highest BCUT2D eigenvalue weighted by Crippen LogP contribution is 2.24. The maximum absolute atomic E-state index is 12.1. The summed E-state index contributed by atoms with van der Waals surface area (Å²) in [7, 11) is 1.64. The van der Waals surface area contributed by atoms with E-state index in [9.17, 15) is 9.90 Å². The summed E-state index contributed by atoms with van der Waals surface area (Å²) < 4.78 is 4.94. The van der Waals surface area contributed by atoms with Crippen molar-refractivity contribution in [1.29, 1.82) is 0 Å². The summed E-state index contributed by atoms with van der Waals surface area (Å²) in [5, 5.41) is 9.30. The Morgan fingerprint density at radius 1 is 1.65 bits per heavy atom. The minimum atomic E-state index is -0.468. The summed E-state index contributed by atoms with van der Waals surface area (Å²) in [6.07, 6.45) is 2.37. The van der Waals surface area contributed by atoms with E-state index in [4.69, 9.17) is 10.5 Å². The van der Waals surface area contributed by atoms with Crippen molar-refractivity contribution in [1.82, 2.24) is 4.90 Å². The van der Waals surface area contributed by atoms with Crippen LogP contribution < -0.4 is 5.73 Å². The molecule has 1 amide bonds. The van der Waals surface area contributed by atoms with Gasteiger partial charge in [-0.1, -0.05) is 6.92 Å². The second-order valence-electron chi connectivity index (χ2n) is 4.79. The van der Waals surface area contributed by atoms with Gasteiger partial charge in [-0.3, -0.25) is 4.79 Å². The fraction of sp³-hybridized carbons (Fsp3) is 0.917. The smallest absolute Gasteiger partial charge is 0.239 e. The molecule has 1 fully saturated rings. The van der Waals surface area contributed by atoms with Gasteiger partial charge in [0.25, 0.3) is 0 Å². The van der Waals surface area contributed by atoms with Gasteiger partial charge >= 0.3 is 0 Å². The van der Waals surface area contributed by atoms with Crippen molar-refractivity contribution in [2.24, 2.45) is 11.7 Å². The van der Waals surface area contributed by atoms with Crippen LogP contribution in [0.2, 0.25) is 0 Å². The quantitative estimate of drug-likeness (QED) is 0.643. The van der Waals surface area contributed by atoms with Crippen molar-refractivity contribution >= 4 is 5.91 Å². The zero-order chi connectivity index (χ0) is 12.8. The first-order valence-corrected chi connectivity index (χ1v) is 6.27. The van der Waals surface area contributed by atoms with E-state index in [0.717, 1.165) is 12.8 Å². The van der Waals surface area contributed by atoms with Crippen molar-refractivity contribution in [3.05, 3.63) is 0 Å². The first-order valence-electron chi connectivity index (χ1n) is 6.27. The second-order valence-corrected chi connectivity index (χ2v) is 4.79. The average molecular weight is 244 g/mol. The normalized spacial score (nSPS) is 26.2. The molecule has 1 rings (SSSR count). The first-order chi connectivity index (χ1) is 8.11. The lowest BCUT2D eigenvalue weighted by Gasteiger charge is -2.27. The molecule has 0 spiro atoms. The molecule has 1 heterocycles. The van der Waals surface area contributed by atoms with Gasteiger partial charge < -0.3 is 20.5 Å². The molecule has 5 nitrogen and oxygen atoms in total. The van der Waals surface area contributed by atoms with Crippen LogP contribution in [-0.4, -0.2) is 54.9 Å². The zero-order valence-corrected chi connectivity index (χ0v) is 10.8. The van der Waals surface area contributed by atoms with Gasteiger partial charge in [0.1, 0.15) is 0 Å². The molecular formula is C12H24N2O3. The Hall–Kier alpha value is -0.650. The van der Waals surface area contributed by atoms with E-state index in [-0.39, 0.29) is 18.6 Å². The zero-order valence-electron chi connectivity index (χ0n) is 10.8. The van der Waals surface area contributed by atoms with Crippen molar-refractivity contribution in [2.75, 3.05) is 26.9 Å². The van der Waals surface area contributed by atoms with Gasteiger partial charge in [0.05, 0.1) is 18.7 Å². The number of ether oxygens (including phenoxy) is 1. The maximum Gasteiger partial charge on any atom is 0.239 e. The van der Waals surface area contributed by atoms with Crippen molar-refractivity contribution in [2.45, 2.75) is 38.3 Å². The molecule has 0 saturated carbocycles. The minimum Gasteiger partial charge on any atom is -0.394 e. The summed E-state index contributed by atoms with van der Waals surface area (Å²) in [4.78, 5) is 13.8. The molecule has 0 bridgehead atoms. The first kappa shape index (κ1) is 14.4. The standard InChI is InChI=1S/C12H24N2O3/c1-9-5-6-14(11(9)8-15)12(16)10(13)4-3-7-17-2/h9-11,15H,3-8,13H2,1-2H3. The number of aliphatic hydroxyl groups is 1. The predicted octanol–water partition coefficient (Wildman–Crippen LogP) is -0.0304. The van der Waals surface area contributed by atoms with Crippen molar-refractivity contribution < 1.29 is 14.6 Å². The van der Waals surface area contributed by atoms with Crippen LogP contribution in [0.15, 0.2) is 0 Å². The summed E-state index contributed by atoms with van der Waals surface area (Å²) >= 11 is 0. The van der Waals surface area contributed by atoms with Crippen LogP contribution in [0, 0.1) is 5.92 Å². The molecule has 100 valence electrons. The second kappa shape index (κ2) is 6.93. The van der Waals surface area contributed by atoms with E-state index in [2.05, 4.69) is 6.92 Å². The van der Waals surface area contributed by atoms with Crippen LogP contribution in [0.25, 0.3) is 0 Å². The van der Waals surface area contributed by atoms with Gasteiger partial charge in [0.15, 0.2) is 0 Å². The maximum atomic E-state index is 12.1. The van der Waals surface area contributed by atoms with E-state index in [1.807, 2.05) is 0 Å². The van der Waals surface area contributed by atoms with Gasteiger partial charge in [0, 0.05) is 20.3 Å². The highest BCUT2D eigenvalue weighted by atomic mass is 16.5. The van der Waals surface area contributed by atoms with E-state index in [1.54, 1.807) is 12.0 Å². The minimum absolute atomic E-state index is 0.0255. The molecule has 1 aliphatic rings. The van der Waals surface area contributed by atoms with Crippen molar-refractivity contribution in [3.8, 4) is 0 Å². The molecule has 1 saturated heterocycles. The third kappa shape index (κ3) is 3.66. The molecule has 1 aliphatic heterocycles. The van der Waals surface area contributed by atoms with Crippen LogP contribution in [0.4, 0.5) is 0 Å². The number of aliphatic hydroxyl groups excluding tert-OH is 1. The Labute approximate surface area is 103 Å². The Bertz CT molecular complexity index is 248. The Balaban J connectivity index is 2.45. The lowest BCUT2D eigenvalue weighted by molar-refractivity contribution is -0.134. The van der Waals surface area contributed by atoms with E-state index in [0.29, 0.717) is 25.5 Å². The molecule has 0 aromatic heterocycles. The van der Waals surface area contributed by atoms with E-state index in [1.165, 1.54) is 0 Å². The summed E-state index contributed by atoms with van der Waals surface area (Å²) in [6.45, 7) is 3.42. The van der Waals surface area contributed by atoms with Crippen molar-refractivity contribution in [3.63, 3.8) is 0 Å². The van der Waals surface area contributed by atoms with Crippen LogP contribution in [0.3, 0.4) is 0 Å². The number of hydrogen-bond acceptors (Lipinski definition) is 4. The molecule has 3 N–H and O–H groups in total. The fourth-order valence-corrected chi connectivity index (χ4v) is 2.34. The number of nitrogens with zero attached hydrogens (tertiary/aromatic N) is 1. The summed E-state index contributed by atoms with van der Waals surface area (Å²) in [6, 6.07) is -0.527. The predicted molar refractivity (Wildman–Crippen MR) is 65.5 cm³/mol. The number of amides is 1. The Morgan fingerprint density at radius 2 is 2.35 bits per heavy atom. The van der Waals surface area contributed by atoms with Gasteiger partial charge in [-0.05, 0) is 25.2 Å². The average Bonchev–Trinajstić information content (AvgIpc) is 2.69. The van der Waals surface area contributed by atoms with Gasteiger partial charge in [-0.25, -0.2) is 0 Å². The highest BCUT2D eigenvalue weighted by molar-refractivity contribution is 5.82. The largest absolute Gasteiger partial charge is 0.394 e. The Morgan fingerprint density at radius 3 is 2.94 bits per heavy atom. The Kier molecular flexibility index (Phi) is 5.88. The number of carbonyl (C=O) groups is 1. The molecule has 0 aromatic carbocycles. The number of likely N-dealkylation sites (tertiary alicyclic amines) is 1. The molecule has 0 aliphatic carbocycles. The molecular weight excluding hydrogens is 220 g/mol. The fourth-order valence-electron chi connectivity index (χ4n) is 2.34. The number of carbonyl (C=O) groups excluding carboxylic acids is 1. The number of methoxy groups -OCH3 is 1. The SMILES string of the molecule is COCCCC(N)C(=O)N1CCC(C)C1CO. The lowest BCUT2D eigenvalue weighted by atomic mass is 10.0. The molecule has 0 aromatic rings. The third-order valence-corrected chi connectivity index (χ3v) is 3.53. The number of nitrogens with two attached hydrogens (primary N) is 1. The monoisotopic (exact) mass is 244 g/mol. The molecule has 3 atom stereocenters. The van der Waals surface area contributed by atoms with Crippen LogP contribution in [0.5, 0.6) is 0 Å². The van der Waals surface area contributed by atoms with Gasteiger partial charge in [-0.15, -0.1) is 0 Å². The molecule has 0 radical (unpaired) electrons. The van der Waals surface area contributed by atoms with Crippen LogP contribution in [0.1, 0.15) is 26.2 Å². The lowest BCUT2D eigenvalue weighted by Crippen LogP contribution is -2.48.